The van der Waals surface area contributed by atoms with E-state index < -0.39 is 17.2 Å². The van der Waals surface area contributed by atoms with Gasteiger partial charge in [-0.25, -0.2) is 9.78 Å². The van der Waals surface area contributed by atoms with Crippen LogP contribution in [-0.2, 0) is 14.6 Å². The van der Waals surface area contributed by atoms with E-state index in [4.69, 9.17) is 20.3 Å². The summed E-state index contributed by atoms with van der Waals surface area (Å²) in [6, 6.07) is 8.72. The number of carboxylic acid groups (broad SMARTS) is 1. The van der Waals surface area contributed by atoms with Crippen LogP contribution in [-0.4, -0.2) is 22.4 Å². The van der Waals surface area contributed by atoms with E-state index in [1.54, 1.807) is 20.8 Å². The maximum atomic E-state index is 10.4. The molecule has 0 unspecified atom stereocenters. The molecule has 6 heteroatoms. The highest BCUT2D eigenvalue weighted by molar-refractivity contribution is 5.73. The molecule has 0 aliphatic rings. The number of hydrogen-bond donors (Lipinski definition) is 1. The SMILES string of the molecule is CC(C)(C)OOC(C)(C)C(=O)[O-].CC(C)c1ccccc1C(C)C.[O-]O. The van der Waals surface area contributed by atoms with Crippen LogP contribution in [0.15, 0.2) is 24.3 Å². The smallest absolute Gasteiger partial charge is 0.137 e. The molecule has 0 amide bonds. The van der Waals surface area contributed by atoms with Crippen molar-refractivity contribution < 1.29 is 30.2 Å². The molecule has 1 rings (SSSR count). The standard InChI is InChI=1S/C12H18.C8H16O4.H2O2/c1-9(2)11-7-5-6-8-12(11)10(3)4;1-7(2,3)11-12-8(4,5)6(9)10;1-2/h5-10H,1-4H3;1-5H3,(H,9,10);1-2H/p-2. The molecule has 1 aromatic rings. The highest BCUT2D eigenvalue weighted by Gasteiger charge is 2.24. The molecule has 0 bridgehead atoms. The van der Waals surface area contributed by atoms with E-state index in [1.165, 1.54) is 25.0 Å². The molecule has 0 aliphatic carbocycles. The van der Waals surface area contributed by atoms with Crippen molar-refractivity contribution in [3.63, 3.8) is 0 Å². The predicted octanol–water partition coefficient (Wildman–Crippen LogP) is 3.01. The van der Waals surface area contributed by atoms with E-state index in [-0.39, 0.29) is 0 Å². The van der Waals surface area contributed by atoms with E-state index in [1.807, 2.05) is 0 Å². The zero-order valence-corrected chi connectivity index (χ0v) is 17.5. The Hall–Kier alpha value is -1.47. The Morgan fingerprint density at radius 2 is 1.23 bits per heavy atom. The molecule has 0 saturated carbocycles. The second-order valence-electron chi connectivity index (χ2n) is 8.02. The van der Waals surface area contributed by atoms with Crippen LogP contribution in [0.3, 0.4) is 0 Å². The molecule has 0 heterocycles. The van der Waals surface area contributed by atoms with Gasteiger partial charge in [-0.15, -0.1) is 0 Å². The second kappa shape index (κ2) is 12.0. The van der Waals surface area contributed by atoms with Crippen LogP contribution >= 0.6 is 0 Å². The quantitative estimate of drug-likeness (QED) is 0.631. The minimum atomic E-state index is -1.41. The van der Waals surface area contributed by atoms with Gasteiger partial charge in [0.2, 0.25) is 0 Å². The molecule has 0 aromatic heterocycles. The Morgan fingerprint density at radius 3 is 1.46 bits per heavy atom. The molecule has 0 aliphatic heterocycles. The topological polar surface area (TPSA) is 102 Å². The van der Waals surface area contributed by atoms with Crippen LogP contribution in [0.4, 0.5) is 0 Å². The number of rotatable bonds is 5. The summed E-state index contributed by atoms with van der Waals surface area (Å²) in [5, 5.41) is 23.4. The Bertz CT molecular complexity index is 488. The summed E-state index contributed by atoms with van der Waals surface area (Å²) in [6.07, 6.45) is 0. The number of hydrogen-bond acceptors (Lipinski definition) is 6. The van der Waals surface area contributed by atoms with Gasteiger partial charge >= 0.3 is 0 Å². The molecule has 152 valence electrons. The van der Waals surface area contributed by atoms with E-state index in [2.05, 4.69) is 52.0 Å². The van der Waals surface area contributed by atoms with Crippen LogP contribution < -0.4 is 10.4 Å². The lowest BCUT2D eigenvalue weighted by Crippen LogP contribution is -2.46. The molecule has 26 heavy (non-hydrogen) atoms. The Morgan fingerprint density at radius 1 is 0.885 bits per heavy atom. The summed E-state index contributed by atoms with van der Waals surface area (Å²) < 4.78 is 0. The van der Waals surface area contributed by atoms with E-state index in [9.17, 15) is 9.90 Å². The predicted molar refractivity (Wildman–Crippen MR) is 98.3 cm³/mol. The van der Waals surface area contributed by atoms with Gasteiger partial charge in [-0.1, -0.05) is 52.0 Å². The third-order valence-corrected chi connectivity index (χ3v) is 3.23. The summed E-state index contributed by atoms with van der Waals surface area (Å²) in [6.45, 7) is 17.0. The zero-order chi connectivity index (χ0) is 21.1. The van der Waals surface area contributed by atoms with E-state index in [0.717, 1.165) is 0 Å². The van der Waals surface area contributed by atoms with Crippen molar-refractivity contribution in [3.05, 3.63) is 35.4 Å². The minimum absolute atomic E-state index is 0.521. The summed E-state index contributed by atoms with van der Waals surface area (Å²) in [5.74, 6) is -0.0149. The van der Waals surface area contributed by atoms with Crippen LogP contribution in [0.1, 0.15) is 85.3 Å². The zero-order valence-electron chi connectivity index (χ0n) is 17.5. The first-order valence-corrected chi connectivity index (χ1v) is 8.63. The summed E-state index contributed by atoms with van der Waals surface area (Å²) in [7, 11) is 0. The lowest BCUT2D eigenvalue weighted by atomic mass is 9.91. The molecular formula is C20H34O6-2. The third kappa shape index (κ3) is 11.2. The molecule has 0 atom stereocenters. The fraction of sp³-hybridized carbons (Fsp3) is 0.650. The Balaban J connectivity index is 0. The van der Waals surface area contributed by atoms with Crippen LogP contribution in [0.2, 0.25) is 0 Å². The van der Waals surface area contributed by atoms with Crippen molar-refractivity contribution in [1.29, 1.82) is 0 Å². The molecule has 1 aromatic carbocycles. The number of aliphatic carboxylic acids is 1. The largest absolute Gasteiger partial charge is 0.727 e. The van der Waals surface area contributed by atoms with E-state index >= 15 is 0 Å². The van der Waals surface area contributed by atoms with Crippen molar-refractivity contribution in [3.8, 4) is 0 Å². The van der Waals surface area contributed by atoms with Crippen molar-refractivity contribution in [2.75, 3.05) is 0 Å². The van der Waals surface area contributed by atoms with Gasteiger partial charge in [0.1, 0.15) is 5.60 Å². The van der Waals surface area contributed by atoms with Crippen LogP contribution in [0.5, 0.6) is 0 Å². The fourth-order valence-corrected chi connectivity index (χ4v) is 1.83. The fourth-order valence-electron chi connectivity index (χ4n) is 1.83. The molecule has 0 radical (unpaired) electrons. The number of benzene rings is 1. The lowest BCUT2D eigenvalue weighted by Gasteiger charge is -2.28. The number of carbonyl (C=O) groups is 1. The molecule has 0 saturated heterocycles. The Kier molecular flexibility index (Phi) is 12.4. The van der Waals surface area contributed by atoms with Gasteiger partial charge in [-0.3, -0.25) is 0 Å². The first-order chi connectivity index (χ1) is 11.8. The maximum Gasteiger partial charge on any atom is 0.137 e. The van der Waals surface area contributed by atoms with Crippen LogP contribution in [0.25, 0.3) is 0 Å². The third-order valence-electron chi connectivity index (χ3n) is 3.23. The summed E-state index contributed by atoms with van der Waals surface area (Å²) in [5.41, 5.74) is 1.06. The van der Waals surface area contributed by atoms with Gasteiger partial charge in [-0.2, -0.15) is 0 Å². The Labute approximate surface area is 157 Å². The second-order valence-corrected chi connectivity index (χ2v) is 8.02. The minimum Gasteiger partial charge on any atom is -0.727 e. The highest BCUT2D eigenvalue weighted by Crippen LogP contribution is 2.25. The number of carboxylic acids is 1. The molecular weight excluding hydrogens is 336 g/mol. The summed E-state index contributed by atoms with van der Waals surface area (Å²) in [4.78, 5) is 19.9. The first-order valence-electron chi connectivity index (χ1n) is 8.63. The van der Waals surface area contributed by atoms with Crippen molar-refractivity contribution in [2.45, 2.75) is 85.4 Å². The number of carbonyl (C=O) groups excluding carboxylic acids is 1. The molecule has 0 fully saturated rings. The maximum absolute atomic E-state index is 10.4. The van der Waals surface area contributed by atoms with Gasteiger partial charge in [0.05, 0.1) is 11.6 Å². The first kappa shape index (κ1) is 26.8. The average Bonchev–Trinajstić information content (AvgIpc) is 2.54. The normalized spacial score (nSPS) is 11.4. The van der Waals surface area contributed by atoms with Gasteiger partial charge in [0, 0.05) is 0 Å². The van der Waals surface area contributed by atoms with Gasteiger partial charge in [-0.05, 0) is 57.6 Å². The molecule has 1 N–H and O–H groups in total. The van der Waals surface area contributed by atoms with Crippen molar-refractivity contribution in [2.24, 2.45) is 0 Å². The summed E-state index contributed by atoms with van der Waals surface area (Å²) >= 11 is 0. The van der Waals surface area contributed by atoms with Crippen LogP contribution in [0, 0.1) is 0 Å². The lowest BCUT2D eigenvalue weighted by molar-refractivity contribution is -0.670. The molecule has 0 spiro atoms. The van der Waals surface area contributed by atoms with Gasteiger partial charge in [0.15, 0.2) is 0 Å². The monoisotopic (exact) mass is 370 g/mol. The average molecular weight is 370 g/mol. The van der Waals surface area contributed by atoms with Crippen molar-refractivity contribution >= 4 is 5.97 Å². The molecule has 6 nitrogen and oxygen atoms in total. The van der Waals surface area contributed by atoms with Crippen molar-refractivity contribution in [1.82, 2.24) is 0 Å². The van der Waals surface area contributed by atoms with Gasteiger partial charge in [0.25, 0.3) is 0 Å². The van der Waals surface area contributed by atoms with Gasteiger partial charge < -0.3 is 20.4 Å². The van der Waals surface area contributed by atoms with E-state index in [0.29, 0.717) is 11.8 Å². The highest BCUT2D eigenvalue weighted by atomic mass is 17.2.